The number of benzene rings is 1. The molecule has 2 aromatic rings. The van der Waals surface area contributed by atoms with E-state index in [1.54, 1.807) is 5.38 Å². The summed E-state index contributed by atoms with van der Waals surface area (Å²) in [5, 5.41) is 11.4. The summed E-state index contributed by atoms with van der Waals surface area (Å²) in [6.07, 6.45) is 1.01. The monoisotopic (exact) mass is 283 g/mol. The van der Waals surface area contributed by atoms with Crippen molar-refractivity contribution in [3.05, 3.63) is 40.9 Å². The van der Waals surface area contributed by atoms with Gasteiger partial charge in [0.1, 0.15) is 5.01 Å². The molecule has 0 aliphatic carbocycles. The maximum atomic E-state index is 10.6. The van der Waals surface area contributed by atoms with Gasteiger partial charge >= 0.3 is 5.97 Å². The number of aliphatic carboxylic acids is 1. The third kappa shape index (κ3) is 3.55. The van der Waals surface area contributed by atoms with Crippen LogP contribution in [0.25, 0.3) is 10.6 Å². The Kier molecular flexibility index (Phi) is 5.31. The lowest BCUT2D eigenvalue weighted by molar-refractivity contribution is -0.136. The first kappa shape index (κ1) is 14.7. The number of carboxylic acid groups (broad SMARTS) is 1. The van der Waals surface area contributed by atoms with Crippen molar-refractivity contribution in [3.8, 4) is 10.6 Å². The minimum absolute atomic E-state index is 0. The van der Waals surface area contributed by atoms with Crippen LogP contribution in [0.15, 0.2) is 29.6 Å². The number of thiazole rings is 1. The van der Waals surface area contributed by atoms with E-state index < -0.39 is 5.97 Å². The van der Waals surface area contributed by atoms with Crippen LogP contribution in [0, 0.1) is 0 Å². The highest BCUT2D eigenvalue weighted by Gasteiger charge is 2.07. The van der Waals surface area contributed by atoms with Crippen LogP contribution in [0.4, 0.5) is 0 Å². The maximum absolute atomic E-state index is 10.6. The van der Waals surface area contributed by atoms with Gasteiger partial charge in [0.05, 0.1) is 12.1 Å². The second-order valence-electron chi connectivity index (χ2n) is 3.76. The van der Waals surface area contributed by atoms with E-state index in [0.29, 0.717) is 5.69 Å². The number of hydrogen-bond donors (Lipinski definition) is 1. The summed E-state index contributed by atoms with van der Waals surface area (Å²) in [6, 6.07) is 8.21. The van der Waals surface area contributed by atoms with E-state index >= 15 is 0 Å². The van der Waals surface area contributed by atoms with Gasteiger partial charge in [0.2, 0.25) is 0 Å². The Morgan fingerprint density at radius 3 is 2.56 bits per heavy atom. The molecule has 1 N–H and O–H groups in total. The van der Waals surface area contributed by atoms with Gasteiger partial charge in [0.15, 0.2) is 0 Å². The fourth-order valence-corrected chi connectivity index (χ4v) is 2.38. The molecule has 18 heavy (non-hydrogen) atoms. The molecular weight excluding hydrogens is 270 g/mol. The molecular formula is C13H14ClNO2S. The number of nitrogens with zero attached hydrogens (tertiary/aromatic N) is 1. The normalized spacial score (nSPS) is 9.83. The number of hydrogen-bond acceptors (Lipinski definition) is 3. The fourth-order valence-electron chi connectivity index (χ4n) is 1.56. The van der Waals surface area contributed by atoms with Crippen LogP contribution < -0.4 is 0 Å². The quantitative estimate of drug-likeness (QED) is 0.935. The van der Waals surface area contributed by atoms with Gasteiger partial charge in [0.25, 0.3) is 0 Å². The summed E-state index contributed by atoms with van der Waals surface area (Å²) in [4.78, 5) is 14.9. The highest BCUT2D eigenvalue weighted by Crippen LogP contribution is 2.24. The molecule has 0 fully saturated rings. The van der Waals surface area contributed by atoms with E-state index in [4.69, 9.17) is 5.11 Å². The van der Waals surface area contributed by atoms with E-state index in [1.807, 2.05) is 12.1 Å². The molecule has 0 atom stereocenters. The lowest BCUT2D eigenvalue weighted by Crippen LogP contribution is -1.99. The van der Waals surface area contributed by atoms with Gasteiger partial charge in [-0.25, -0.2) is 4.98 Å². The SMILES string of the molecule is CCc1ccc(-c2nc(CC(=O)O)cs2)cc1.Cl. The lowest BCUT2D eigenvalue weighted by atomic mass is 10.1. The van der Waals surface area contributed by atoms with Crippen LogP contribution in [0.2, 0.25) is 0 Å². The number of aromatic nitrogens is 1. The average molecular weight is 284 g/mol. The Hall–Kier alpha value is -1.39. The molecule has 1 aromatic heterocycles. The molecule has 0 bridgehead atoms. The topological polar surface area (TPSA) is 50.2 Å². The highest BCUT2D eigenvalue weighted by molar-refractivity contribution is 7.13. The predicted molar refractivity (Wildman–Crippen MR) is 75.5 cm³/mol. The Morgan fingerprint density at radius 1 is 1.33 bits per heavy atom. The second-order valence-corrected chi connectivity index (χ2v) is 4.62. The molecule has 0 saturated heterocycles. The standard InChI is InChI=1S/C13H13NO2S.ClH/c1-2-9-3-5-10(6-4-9)13-14-11(8-17-13)7-12(15)16;/h3-6,8H,2,7H2,1H3,(H,15,16);1H. The predicted octanol–water partition coefficient (Wildman–Crippen LogP) is 3.42. The smallest absolute Gasteiger partial charge is 0.309 e. The molecule has 0 aliphatic heterocycles. The number of aryl methyl sites for hydroxylation is 1. The molecule has 96 valence electrons. The molecule has 1 aromatic carbocycles. The van der Waals surface area contributed by atoms with Crippen molar-refractivity contribution >= 4 is 29.7 Å². The van der Waals surface area contributed by atoms with E-state index in [-0.39, 0.29) is 18.8 Å². The minimum atomic E-state index is -0.844. The van der Waals surface area contributed by atoms with Crippen LogP contribution in [0.3, 0.4) is 0 Å². The first-order chi connectivity index (χ1) is 8.19. The van der Waals surface area contributed by atoms with Gasteiger partial charge in [-0.3, -0.25) is 4.79 Å². The van der Waals surface area contributed by atoms with Gasteiger partial charge in [-0.1, -0.05) is 31.2 Å². The third-order valence-corrected chi connectivity index (χ3v) is 3.43. The van der Waals surface area contributed by atoms with Crippen molar-refractivity contribution in [2.45, 2.75) is 19.8 Å². The summed E-state index contributed by atoms with van der Waals surface area (Å²) >= 11 is 1.48. The summed E-state index contributed by atoms with van der Waals surface area (Å²) < 4.78 is 0. The molecule has 0 spiro atoms. The molecule has 0 aliphatic rings. The third-order valence-electron chi connectivity index (χ3n) is 2.49. The van der Waals surface area contributed by atoms with Crippen LogP contribution in [0.1, 0.15) is 18.2 Å². The van der Waals surface area contributed by atoms with E-state index in [1.165, 1.54) is 16.9 Å². The molecule has 0 amide bonds. The van der Waals surface area contributed by atoms with E-state index in [9.17, 15) is 4.79 Å². The molecule has 0 radical (unpaired) electrons. The van der Waals surface area contributed by atoms with Crippen molar-refractivity contribution < 1.29 is 9.90 Å². The molecule has 1 heterocycles. The van der Waals surface area contributed by atoms with Crippen molar-refractivity contribution in [1.29, 1.82) is 0 Å². The Morgan fingerprint density at radius 2 is 2.00 bits per heavy atom. The minimum Gasteiger partial charge on any atom is -0.481 e. The van der Waals surface area contributed by atoms with Gasteiger partial charge in [-0.05, 0) is 12.0 Å². The fraction of sp³-hybridized carbons (Fsp3) is 0.231. The second kappa shape index (κ2) is 6.52. The molecule has 0 unspecified atom stereocenters. The van der Waals surface area contributed by atoms with Gasteiger partial charge in [0, 0.05) is 10.9 Å². The number of carbonyl (C=O) groups is 1. The van der Waals surface area contributed by atoms with Gasteiger partial charge in [-0.15, -0.1) is 23.7 Å². The Balaban J connectivity index is 0.00000162. The number of rotatable bonds is 4. The molecule has 2 rings (SSSR count). The maximum Gasteiger partial charge on any atom is 0.309 e. The Labute approximate surface area is 116 Å². The summed E-state index contributed by atoms with van der Waals surface area (Å²) in [6.45, 7) is 2.11. The zero-order chi connectivity index (χ0) is 12.3. The van der Waals surface area contributed by atoms with Crippen LogP contribution in [-0.4, -0.2) is 16.1 Å². The van der Waals surface area contributed by atoms with Gasteiger partial charge < -0.3 is 5.11 Å². The average Bonchev–Trinajstić information content (AvgIpc) is 2.77. The van der Waals surface area contributed by atoms with Crippen LogP contribution >= 0.6 is 23.7 Å². The highest BCUT2D eigenvalue weighted by atomic mass is 35.5. The van der Waals surface area contributed by atoms with E-state index in [0.717, 1.165) is 17.0 Å². The lowest BCUT2D eigenvalue weighted by Gasteiger charge is -1.98. The summed E-state index contributed by atoms with van der Waals surface area (Å²) in [5.41, 5.74) is 2.96. The zero-order valence-electron chi connectivity index (χ0n) is 9.92. The molecule has 3 nitrogen and oxygen atoms in total. The van der Waals surface area contributed by atoms with Crippen molar-refractivity contribution in [3.63, 3.8) is 0 Å². The first-order valence-corrected chi connectivity index (χ1v) is 6.32. The number of halogens is 1. The van der Waals surface area contributed by atoms with Crippen LogP contribution in [-0.2, 0) is 17.6 Å². The Bertz CT molecular complexity index is 522. The van der Waals surface area contributed by atoms with Crippen molar-refractivity contribution in [1.82, 2.24) is 4.98 Å². The van der Waals surface area contributed by atoms with Crippen molar-refractivity contribution in [2.24, 2.45) is 0 Å². The van der Waals surface area contributed by atoms with Crippen molar-refractivity contribution in [2.75, 3.05) is 0 Å². The van der Waals surface area contributed by atoms with Gasteiger partial charge in [-0.2, -0.15) is 0 Å². The summed E-state index contributed by atoms with van der Waals surface area (Å²) in [7, 11) is 0. The molecule has 5 heteroatoms. The van der Waals surface area contributed by atoms with Crippen LogP contribution in [0.5, 0.6) is 0 Å². The molecule has 0 saturated carbocycles. The van der Waals surface area contributed by atoms with E-state index in [2.05, 4.69) is 24.0 Å². The number of carboxylic acids is 1. The first-order valence-electron chi connectivity index (χ1n) is 5.44. The zero-order valence-corrected chi connectivity index (χ0v) is 11.6. The summed E-state index contributed by atoms with van der Waals surface area (Å²) in [5.74, 6) is -0.844. The largest absolute Gasteiger partial charge is 0.481 e.